The Hall–Kier alpha value is -2.76. The molecule has 1 saturated heterocycles. The van der Waals surface area contributed by atoms with E-state index in [0.29, 0.717) is 29.2 Å². The number of hydrogen-bond donors (Lipinski definition) is 1. The third-order valence-electron chi connectivity index (χ3n) is 5.67. The van der Waals surface area contributed by atoms with Crippen LogP contribution in [0.3, 0.4) is 0 Å². The van der Waals surface area contributed by atoms with Gasteiger partial charge in [0, 0.05) is 29.1 Å². The fourth-order valence-corrected chi connectivity index (χ4v) is 4.67. The molecule has 0 bridgehead atoms. The lowest BCUT2D eigenvalue weighted by molar-refractivity contribution is 0.0925. The Bertz CT molecular complexity index is 977. The maximum atomic E-state index is 12.9. The number of benzene rings is 2. The highest BCUT2D eigenvalue weighted by Crippen LogP contribution is 2.21. The molecule has 1 aliphatic rings. The molecule has 1 aliphatic heterocycles. The minimum Gasteiger partial charge on any atom is -0.352 e. The van der Waals surface area contributed by atoms with Crippen LogP contribution in [0, 0.1) is 5.92 Å². The van der Waals surface area contributed by atoms with Gasteiger partial charge in [-0.15, -0.1) is 11.3 Å². The lowest BCUT2D eigenvalue weighted by atomic mass is 9.95. The minimum absolute atomic E-state index is 0.122. The van der Waals surface area contributed by atoms with Crippen molar-refractivity contribution in [3.8, 4) is 0 Å². The van der Waals surface area contributed by atoms with E-state index in [1.165, 1.54) is 4.88 Å². The van der Waals surface area contributed by atoms with Gasteiger partial charge in [0.25, 0.3) is 5.91 Å². The third kappa shape index (κ3) is 5.04. The number of nitrogens with one attached hydrogen (secondary N) is 1. The fourth-order valence-electron chi connectivity index (χ4n) is 3.93. The predicted molar refractivity (Wildman–Crippen MR) is 121 cm³/mol. The van der Waals surface area contributed by atoms with Crippen LogP contribution in [-0.4, -0.2) is 36.2 Å². The quantitative estimate of drug-likeness (QED) is 0.570. The maximum Gasteiger partial charge on any atom is 0.252 e. The molecule has 1 fully saturated rings. The van der Waals surface area contributed by atoms with Gasteiger partial charge in [0.15, 0.2) is 5.78 Å². The number of carbonyl (C=O) groups excluding carboxylic acids is 2. The number of amides is 1. The number of likely N-dealkylation sites (tertiary alicyclic amines) is 1. The van der Waals surface area contributed by atoms with Crippen molar-refractivity contribution < 1.29 is 9.59 Å². The molecule has 1 aromatic heterocycles. The molecule has 3 aromatic rings. The van der Waals surface area contributed by atoms with E-state index in [1.54, 1.807) is 47.7 Å². The summed E-state index contributed by atoms with van der Waals surface area (Å²) < 4.78 is 0. The monoisotopic (exact) mass is 418 g/mol. The molecule has 2 heterocycles. The summed E-state index contributed by atoms with van der Waals surface area (Å²) >= 11 is 1.80. The van der Waals surface area contributed by atoms with E-state index in [-0.39, 0.29) is 11.7 Å². The predicted octanol–water partition coefficient (Wildman–Crippen LogP) is 4.62. The smallest absolute Gasteiger partial charge is 0.252 e. The zero-order valence-corrected chi connectivity index (χ0v) is 17.7. The summed E-state index contributed by atoms with van der Waals surface area (Å²) in [4.78, 5) is 29.6. The molecule has 4 nitrogen and oxygen atoms in total. The Kier molecular flexibility index (Phi) is 6.72. The molecule has 0 spiro atoms. The Morgan fingerprint density at radius 2 is 1.60 bits per heavy atom. The molecule has 0 unspecified atom stereocenters. The largest absolute Gasteiger partial charge is 0.352 e. The standard InChI is InChI=1S/C25H26N2O2S/c28-24(20-7-2-1-3-8-20)22-10-4-5-11-23(22)25(29)26-17-19-12-14-27(15-13-19)18-21-9-6-16-30-21/h1-11,16,19H,12-15,17-18H2,(H,26,29). The van der Waals surface area contributed by atoms with Crippen LogP contribution in [0.1, 0.15) is 44.0 Å². The zero-order chi connectivity index (χ0) is 20.8. The van der Waals surface area contributed by atoms with Crippen LogP contribution in [0.15, 0.2) is 72.1 Å². The third-order valence-corrected chi connectivity index (χ3v) is 6.53. The maximum absolute atomic E-state index is 12.9. The van der Waals surface area contributed by atoms with E-state index < -0.39 is 0 Å². The van der Waals surface area contributed by atoms with Crippen molar-refractivity contribution in [2.75, 3.05) is 19.6 Å². The van der Waals surface area contributed by atoms with Crippen LogP contribution in [0.4, 0.5) is 0 Å². The minimum atomic E-state index is -0.170. The average Bonchev–Trinajstić information content (AvgIpc) is 3.31. The molecule has 4 rings (SSSR count). The van der Waals surface area contributed by atoms with Crippen LogP contribution in [0.2, 0.25) is 0 Å². The van der Waals surface area contributed by atoms with Crippen molar-refractivity contribution in [2.24, 2.45) is 5.92 Å². The van der Waals surface area contributed by atoms with Crippen molar-refractivity contribution in [3.63, 3.8) is 0 Å². The van der Waals surface area contributed by atoms with Gasteiger partial charge in [0.1, 0.15) is 0 Å². The van der Waals surface area contributed by atoms with E-state index in [0.717, 1.165) is 32.5 Å². The molecular weight excluding hydrogens is 392 g/mol. The molecule has 0 radical (unpaired) electrons. The Balaban J connectivity index is 1.32. The number of hydrogen-bond acceptors (Lipinski definition) is 4. The van der Waals surface area contributed by atoms with Crippen molar-refractivity contribution in [1.29, 1.82) is 0 Å². The first-order valence-electron chi connectivity index (χ1n) is 10.4. The van der Waals surface area contributed by atoms with E-state index in [4.69, 9.17) is 0 Å². The molecule has 0 saturated carbocycles. The lowest BCUT2D eigenvalue weighted by Gasteiger charge is -2.31. The number of nitrogens with zero attached hydrogens (tertiary/aromatic N) is 1. The van der Waals surface area contributed by atoms with Crippen molar-refractivity contribution >= 4 is 23.0 Å². The van der Waals surface area contributed by atoms with Crippen LogP contribution in [0.25, 0.3) is 0 Å². The van der Waals surface area contributed by atoms with Crippen molar-refractivity contribution in [1.82, 2.24) is 10.2 Å². The second kappa shape index (κ2) is 9.83. The van der Waals surface area contributed by atoms with E-state index in [9.17, 15) is 9.59 Å². The summed E-state index contributed by atoms with van der Waals surface area (Å²) in [6, 6.07) is 20.5. The van der Waals surface area contributed by atoms with E-state index >= 15 is 0 Å². The van der Waals surface area contributed by atoms with Gasteiger partial charge in [-0.05, 0) is 49.4 Å². The highest BCUT2D eigenvalue weighted by atomic mass is 32.1. The van der Waals surface area contributed by atoms with Crippen LogP contribution in [-0.2, 0) is 6.54 Å². The molecule has 0 atom stereocenters. The van der Waals surface area contributed by atoms with Crippen LogP contribution in [0.5, 0.6) is 0 Å². The van der Waals surface area contributed by atoms with Gasteiger partial charge in [-0.25, -0.2) is 0 Å². The summed E-state index contributed by atoms with van der Waals surface area (Å²) in [7, 11) is 0. The van der Waals surface area contributed by atoms with Gasteiger partial charge in [-0.1, -0.05) is 54.6 Å². The highest BCUT2D eigenvalue weighted by molar-refractivity contribution is 7.09. The number of ketones is 1. The zero-order valence-electron chi connectivity index (χ0n) is 16.9. The lowest BCUT2D eigenvalue weighted by Crippen LogP contribution is -2.38. The van der Waals surface area contributed by atoms with Gasteiger partial charge >= 0.3 is 0 Å². The van der Waals surface area contributed by atoms with Crippen molar-refractivity contribution in [3.05, 3.63) is 93.7 Å². The molecule has 1 N–H and O–H groups in total. The topological polar surface area (TPSA) is 49.4 Å². The Labute approximate surface area is 181 Å². The molecular formula is C25H26N2O2S. The SMILES string of the molecule is O=C(NCC1CCN(Cc2cccs2)CC1)c1ccccc1C(=O)c1ccccc1. The second-order valence-electron chi connectivity index (χ2n) is 7.75. The first kappa shape index (κ1) is 20.5. The number of rotatable bonds is 7. The molecule has 2 aromatic carbocycles. The molecule has 30 heavy (non-hydrogen) atoms. The van der Waals surface area contributed by atoms with Crippen LogP contribution >= 0.6 is 11.3 Å². The first-order chi connectivity index (χ1) is 14.7. The molecule has 5 heteroatoms. The Morgan fingerprint density at radius 1 is 0.900 bits per heavy atom. The Morgan fingerprint density at radius 3 is 2.30 bits per heavy atom. The van der Waals surface area contributed by atoms with E-state index in [2.05, 4.69) is 27.7 Å². The average molecular weight is 419 g/mol. The molecule has 154 valence electrons. The summed E-state index contributed by atoms with van der Waals surface area (Å²) in [5.74, 6) is 0.185. The normalized spacial score (nSPS) is 15.1. The van der Waals surface area contributed by atoms with Gasteiger partial charge in [0.05, 0.1) is 5.56 Å². The fraction of sp³-hybridized carbons (Fsp3) is 0.280. The number of thiophene rings is 1. The first-order valence-corrected chi connectivity index (χ1v) is 11.3. The van der Waals surface area contributed by atoms with E-state index in [1.807, 2.05) is 18.2 Å². The summed E-state index contributed by atoms with van der Waals surface area (Å²) in [6.45, 7) is 3.79. The van der Waals surface area contributed by atoms with Gasteiger partial charge in [-0.2, -0.15) is 0 Å². The second-order valence-corrected chi connectivity index (χ2v) is 8.78. The molecule has 0 aliphatic carbocycles. The van der Waals surface area contributed by atoms with Gasteiger partial charge in [-0.3, -0.25) is 14.5 Å². The summed E-state index contributed by atoms with van der Waals surface area (Å²) in [5.41, 5.74) is 1.49. The van der Waals surface area contributed by atoms with Gasteiger partial charge in [0.2, 0.25) is 0 Å². The van der Waals surface area contributed by atoms with Gasteiger partial charge < -0.3 is 5.32 Å². The number of piperidine rings is 1. The van der Waals surface area contributed by atoms with Crippen molar-refractivity contribution in [2.45, 2.75) is 19.4 Å². The van der Waals surface area contributed by atoms with Crippen LogP contribution < -0.4 is 5.32 Å². The summed E-state index contributed by atoms with van der Waals surface area (Å²) in [5, 5.41) is 5.19. The molecule has 1 amide bonds. The summed E-state index contributed by atoms with van der Waals surface area (Å²) in [6.07, 6.45) is 2.16. The highest BCUT2D eigenvalue weighted by Gasteiger charge is 2.22. The number of carbonyl (C=O) groups is 2.